The number of aromatic nitrogens is 4. The van der Waals surface area contributed by atoms with Crippen LogP contribution in [0.15, 0.2) is 21.9 Å². The van der Waals surface area contributed by atoms with E-state index in [9.17, 15) is 0 Å². The maximum atomic E-state index is 6.03. The van der Waals surface area contributed by atoms with Crippen LogP contribution >= 0.6 is 0 Å². The first-order chi connectivity index (χ1) is 33.9. The minimum absolute atomic E-state index is 0.0995. The molecule has 10 rings (SSSR count). The van der Waals surface area contributed by atoms with Gasteiger partial charge in [-0.3, -0.25) is 0 Å². The molecule has 6 aliphatic rings. The Morgan fingerprint density at radius 2 is 0.736 bits per heavy atom. The van der Waals surface area contributed by atoms with Crippen LogP contribution in [0.25, 0.3) is 14.8 Å². The molecule has 0 fully saturated rings. The molecule has 6 N–H and O–H groups in total. The Morgan fingerprint density at radius 1 is 0.347 bits per heavy atom. The Balaban J connectivity index is 1.32. The van der Waals surface area contributed by atoms with Crippen LogP contribution < -0.4 is 21.1 Å². The average molecular weight is 3350 g/mol. The van der Waals surface area contributed by atoms with E-state index >= 15 is 0 Å². The molecule has 0 radical (unpaired) electrons. The van der Waals surface area contributed by atoms with Crippen molar-refractivity contribution in [3.8, 4) is 11.8 Å². The molecule has 250 valence electrons. The van der Waals surface area contributed by atoms with Gasteiger partial charge in [-0.1, -0.05) is 0 Å². The Kier molecular flexibility index (Phi) is 47.2. The van der Waals surface area contributed by atoms with Gasteiger partial charge in [-0.2, -0.15) is 0 Å². The van der Waals surface area contributed by atoms with Gasteiger partial charge in [-0.25, -0.2) is 0 Å². The number of aliphatic imine (C=N–C) groups is 2. The number of hydrogen-bond acceptors (Lipinski definition) is 4. The van der Waals surface area contributed by atoms with E-state index in [-0.39, 0.29) is 257 Å². The van der Waals surface area contributed by atoms with Crippen molar-refractivity contribution in [1.29, 1.82) is 0 Å². The van der Waals surface area contributed by atoms with Crippen molar-refractivity contribution in [3.05, 3.63) is 56.1 Å². The van der Waals surface area contributed by atoms with Crippen molar-refractivity contribution in [2.24, 2.45) is 9.98 Å². The molecule has 0 aromatic carbocycles. The number of H-pyrrole nitrogens is 4. The molecule has 0 spiro atoms. The summed E-state index contributed by atoms with van der Waals surface area (Å²) in [4.78, 5) is 29.2. The van der Waals surface area contributed by atoms with Gasteiger partial charge < -0.3 is 0 Å². The molecule has 0 saturated carbocycles. The Morgan fingerprint density at radius 3 is 1.28 bits per heavy atom. The van der Waals surface area contributed by atoms with Crippen molar-refractivity contribution in [1.82, 2.24) is 30.6 Å². The van der Waals surface area contributed by atoms with Gasteiger partial charge in [-0.05, 0) is 0 Å². The zero-order valence-electron chi connectivity index (χ0n) is 47.0. The molecule has 0 aliphatic carbocycles. The zero-order chi connectivity index (χ0) is 52.2. The fourth-order valence-corrected chi connectivity index (χ4v) is 129. The molecule has 16 bridgehead atoms. The van der Waals surface area contributed by atoms with Crippen molar-refractivity contribution >= 4 is 904 Å². The SMILES string of the molecule is [Rb][C]1=[C]([Rb])/C2=[C](\[RaH])c3[nH]c([c]([Rb])[c]3[Rb])/C(C#C/C3=c4/[nH]/c([c]([Rb])[c]4[Rb])=[C](/[RaH])[C@@H]4N/C(=[C](/[RaH])c5[nH]c([c]([Rb])[c]5[Rb])/[C]([RaH])=C5N=C3[C]([Rb])=[C]\5[Rb])[C]([Rb])=[C]4[Rb])=C3\N[C@H]([C]([Rb])=[C]3[Rb])/[C]([RaH])=c3\[nH]/c([c]([Rb])[c]3[Rb])=[C](/[RaH])C1=N2. The van der Waals surface area contributed by atoms with Crippen LogP contribution in [0.3, 0.4) is 0 Å². The van der Waals surface area contributed by atoms with E-state index in [1.165, 1.54) is 56.4 Å². The van der Waals surface area contributed by atoms with Crippen molar-refractivity contribution < 1.29 is 257 Å². The van der Waals surface area contributed by atoms with Crippen LogP contribution in [0.2, 0.25) is 0 Å². The molecule has 10 heterocycles. The second-order valence-electron chi connectivity index (χ2n) is 22.0. The van der Waals surface area contributed by atoms with Crippen LogP contribution in [0, 0.1) is 269 Å². The van der Waals surface area contributed by atoms with E-state index in [1.807, 2.05) is -4.07 Å². The van der Waals surface area contributed by atoms with Crippen molar-refractivity contribution in [2.45, 2.75) is 12.1 Å². The molecular weight excluding hydrogens is 3340 g/mol. The van der Waals surface area contributed by atoms with E-state index < -0.39 is 0 Å². The fraction of sp³-hybridized carbons (Fsp3) is 0.0476. The van der Waals surface area contributed by atoms with E-state index in [1.54, 1.807) is 19.1 Å². The van der Waals surface area contributed by atoms with E-state index in [0.717, 1.165) is 0 Å². The maximum absolute atomic E-state index is 6.03. The van der Waals surface area contributed by atoms with Crippen LogP contribution in [0.5, 0.6) is 0 Å². The number of allylic oxidation sites excluding steroid dienone is 7. The van der Waals surface area contributed by atoms with Crippen LogP contribution in [-0.2, 0) is 0 Å². The predicted molar refractivity (Wildman–Crippen MR) is 285 cm³/mol. The van der Waals surface area contributed by atoms with Gasteiger partial charge in [0.05, 0.1) is 0 Å². The Bertz CT molecular complexity index is 4030. The zero-order valence-corrected chi connectivity index (χ0v) is 175. The molecule has 0 unspecified atom stereocenters. The summed E-state index contributed by atoms with van der Waals surface area (Å²) in [5.74, 6) is 8.58. The first kappa shape index (κ1) is 85.1. The summed E-state index contributed by atoms with van der Waals surface area (Å²) < 4.78 is 38.5. The molecular formula is C42H14N8Ra6Rb16. The van der Waals surface area contributed by atoms with E-state index in [4.69, 9.17) is 9.98 Å². The molecule has 0 saturated heterocycles. The van der Waals surface area contributed by atoms with Gasteiger partial charge in [0.25, 0.3) is 0 Å². The monoisotopic (exact) mass is 3340 g/mol. The molecule has 4 aromatic heterocycles. The summed E-state index contributed by atoms with van der Waals surface area (Å²) in [5, 5.41) is 15.1. The third-order valence-corrected chi connectivity index (χ3v) is 141. The molecule has 2 atom stereocenters. The van der Waals surface area contributed by atoms with Gasteiger partial charge in [0.2, 0.25) is 0 Å². The Labute approximate surface area is 1220 Å². The first-order valence-electron chi connectivity index (χ1n) is 25.9. The predicted octanol–water partition coefficient (Wildman–Crippen LogP) is -12.6. The fourth-order valence-electron chi connectivity index (χ4n) is 12.6. The molecule has 72 heavy (non-hydrogen) atoms. The van der Waals surface area contributed by atoms with Gasteiger partial charge in [-0.15, -0.1) is 0 Å². The number of nitrogens with zero attached hydrogens (tertiary/aromatic N) is 2. The van der Waals surface area contributed by atoms with Crippen LogP contribution in [-0.4, -0.2) is 932 Å². The molecule has 30 heteroatoms. The summed E-state index contributed by atoms with van der Waals surface area (Å²) in [5.41, 5.74) is 17.5. The number of fused-ring (bicyclic) bond motifs is 14. The summed E-state index contributed by atoms with van der Waals surface area (Å²) in [6.07, 6.45) is 0. The normalized spacial score (nSPS) is 27.4. The molecule has 8 nitrogen and oxygen atoms in total. The van der Waals surface area contributed by atoms with Crippen molar-refractivity contribution in [3.63, 3.8) is 0 Å². The second kappa shape index (κ2) is 39.9. The van der Waals surface area contributed by atoms with E-state index in [0.29, 0.717) is 901 Å². The van der Waals surface area contributed by atoms with Gasteiger partial charge >= 0.3 is 1280 Å². The Hall–Kier alpha value is 30.7. The average Bonchev–Trinajstić information content (AvgIpc) is 4.23. The number of aromatic amines is 4. The third-order valence-electron chi connectivity index (χ3n) is 18.5. The van der Waals surface area contributed by atoms with E-state index in [2.05, 4.69) is 42.4 Å². The van der Waals surface area contributed by atoms with Gasteiger partial charge in [0.1, 0.15) is 0 Å². The minimum atomic E-state index is 0.0995. The van der Waals surface area contributed by atoms with Gasteiger partial charge in [0.15, 0.2) is 0 Å². The quantitative estimate of drug-likeness (QED) is 0.0986. The first-order valence-corrected chi connectivity index (χ1v) is 89.9. The number of nitrogens with one attached hydrogen (secondary N) is 6. The second-order valence-corrected chi connectivity index (χ2v) is 87.0. The molecule has 6 aliphatic heterocycles. The molecule has 0 amide bonds. The summed E-state index contributed by atoms with van der Waals surface area (Å²) in [6.45, 7) is 0. The number of hydrogen-bond donors (Lipinski definition) is 6. The third kappa shape index (κ3) is 19.3. The summed E-state index contributed by atoms with van der Waals surface area (Å²) in [6, 6.07) is 0.892. The molecule has 4 aromatic rings. The van der Waals surface area contributed by atoms with Crippen LogP contribution in [0.1, 0.15) is 22.8 Å². The summed E-state index contributed by atoms with van der Waals surface area (Å²) in [7, 11) is 0. The standard InChI is InChI=1S/C42H8N8.6Ra.16Rb.6H/c1-5-29-21-33-9-15-39(47-33)37(40-16-10-34(48-40)22-30-6-2-26(44-30)19-25(1)43-29)13-14-38-41-17-11-35(49-41)23-31-7-3-27(45-31)20-28-4-8-32(46-28)24-36-12-18-42(38)50-36;;;;;;;;;;;;;;;;;;;;;;;;;;;;/h29,35,43-45,47,49-50H;;;;;;;;;;;;;;;;;;;;;;;;;;;;/b25-19?,27-20?,31-23?,32-24?,33-21?,34-22?,39-37-,41-38-;;;;;;;;;;;;;;;;;;;;;;;;;;;;/t29-,35-;;;;;;;;;;;;;;;;;;;;;;;;;;;;/m1............................/s1. The topological polar surface area (TPSA) is 112 Å². The summed E-state index contributed by atoms with van der Waals surface area (Å²) >= 11 is 7.26. The van der Waals surface area contributed by atoms with Crippen molar-refractivity contribution in [2.75, 3.05) is 0 Å². The van der Waals surface area contributed by atoms with Crippen LogP contribution in [0.4, 0.5) is 0 Å². The number of rotatable bonds is 0. The van der Waals surface area contributed by atoms with Gasteiger partial charge in [0, 0.05) is 0 Å².